The van der Waals surface area contributed by atoms with Crippen LogP contribution in [0, 0.1) is 5.92 Å². The van der Waals surface area contributed by atoms with Gasteiger partial charge < -0.3 is 19.6 Å². The third kappa shape index (κ3) is 8.11. The largest absolute Gasteiger partial charge is 0.480 e. The maximum Gasteiger partial charge on any atom is 0.416 e. The van der Waals surface area contributed by atoms with Gasteiger partial charge in [-0.05, 0) is 48.9 Å². The molecule has 2 aromatic carbocycles. The van der Waals surface area contributed by atoms with Crippen molar-refractivity contribution in [2.75, 3.05) is 26.7 Å². The zero-order chi connectivity index (χ0) is 29.0. The molecule has 1 heterocycles. The summed E-state index contributed by atoms with van der Waals surface area (Å²) in [7, 11) is 1.25. The van der Waals surface area contributed by atoms with Crippen molar-refractivity contribution in [2.24, 2.45) is 5.92 Å². The number of hydrogen-bond donors (Lipinski definition) is 1. The number of hydrogen-bond acceptors (Lipinski definition) is 4. The Hall–Kier alpha value is -3.77. The van der Waals surface area contributed by atoms with E-state index in [4.69, 9.17) is 9.84 Å². The molecule has 2 atom stereocenters. The first-order chi connectivity index (χ1) is 18.1. The zero-order valence-corrected chi connectivity index (χ0v) is 20.8. The zero-order valence-electron chi connectivity index (χ0n) is 20.8. The number of aliphatic carboxylic acids is 1. The Kier molecular flexibility index (Phi) is 9.13. The Morgan fingerprint density at radius 2 is 1.59 bits per heavy atom. The average molecular weight is 560 g/mol. The van der Waals surface area contributed by atoms with Gasteiger partial charge in [0.1, 0.15) is 6.54 Å². The summed E-state index contributed by atoms with van der Waals surface area (Å²) in [6.45, 7) is -0.668. The molecule has 0 aromatic heterocycles. The van der Waals surface area contributed by atoms with Crippen LogP contribution in [0.2, 0.25) is 0 Å². The summed E-state index contributed by atoms with van der Waals surface area (Å²) in [6, 6.07) is 9.03. The Morgan fingerprint density at radius 1 is 1.00 bits per heavy atom. The number of alkyl halides is 6. The minimum Gasteiger partial charge on any atom is -0.480 e. The van der Waals surface area contributed by atoms with Gasteiger partial charge >= 0.3 is 24.4 Å². The minimum absolute atomic E-state index is 0.00110. The molecule has 212 valence electrons. The normalized spacial score (nSPS) is 18.0. The highest BCUT2D eigenvalue weighted by atomic mass is 19.4. The smallest absolute Gasteiger partial charge is 0.416 e. The standard InChI is InChI=1S/C26H26F6N2O5/c1-33(14-22(35)36)24(38)39-15-17-7-8-34(21(10-17)9-16-5-3-2-4-6-16)23(37)18-11-19(25(27,28)29)13-20(12-18)26(30,31)32/h2-6,11-13,17,21H,7-10,14-15H2,1H3,(H,35,36)/t17-,21-/m0/s1. The first-order valence-corrected chi connectivity index (χ1v) is 11.9. The highest BCUT2D eigenvalue weighted by Crippen LogP contribution is 2.37. The van der Waals surface area contributed by atoms with Crippen LogP contribution in [0.25, 0.3) is 0 Å². The lowest BCUT2D eigenvalue weighted by atomic mass is 9.87. The lowest BCUT2D eigenvalue weighted by molar-refractivity contribution is -0.143. The van der Waals surface area contributed by atoms with Crippen LogP contribution in [-0.4, -0.2) is 65.7 Å². The molecule has 3 rings (SSSR count). The molecule has 13 heteroatoms. The number of amides is 2. The first kappa shape index (κ1) is 29.8. The molecular weight excluding hydrogens is 534 g/mol. The molecule has 1 aliphatic heterocycles. The fraction of sp³-hybridized carbons (Fsp3) is 0.423. The molecule has 1 aliphatic rings. The van der Waals surface area contributed by atoms with Crippen molar-refractivity contribution in [2.45, 2.75) is 37.7 Å². The second kappa shape index (κ2) is 12.0. The summed E-state index contributed by atoms with van der Waals surface area (Å²) in [5.74, 6) is -2.48. The van der Waals surface area contributed by atoms with E-state index in [1.165, 1.54) is 11.9 Å². The number of benzene rings is 2. The van der Waals surface area contributed by atoms with Crippen molar-refractivity contribution in [3.8, 4) is 0 Å². The van der Waals surface area contributed by atoms with E-state index < -0.39 is 59.6 Å². The summed E-state index contributed by atoms with van der Waals surface area (Å²) in [5.41, 5.74) is -3.09. The number of likely N-dealkylation sites (N-methyl/N-ethyl adjacent to an activating group) is 1. The van der Waals surface area contributed by atoms with Crippen LogP contribution in [0.5, 0.6) is 0 Å². The average Bonchev–Trinajstić information content (AvgIpc) is 2.86. The van der Waals surface area contributed by atoms with Gasteiger partial charge in [0, 0.05) is 25.2 Å². The van der Waals surface area contributed by atoms with Crippen LogP contribution in [0.3, 0.4) is 0 Å². The molecular formula is C26H26F6N2O5. The van der Waals surface area contributed by atoms with E-state index in [2.05, 4.69) is 0 Å². The highest BCUT2D eigenvalue weighted by Gasteiger charge is 2.39. The lowest BCUT2D eigenvalue weighted by Gasteiger charge is -2.40. The fourth-order valence-electron chi connectivity index (χ4n) is 4.44. The molecule has 1 fully saturated rings. The Labute approximate surface area is 219 Å². The molecule has 0 bridgehead atoms. The number of carboxylic acid groups (broad SMARTS) is 1. The Morgan fingerprint density at radius 3 is 2.13 bits per heavy atom. The molecule has 1 N–H and O–H groups in total. The number of nitrogens with zero attached hydrogens (tertiary/aromatic N) is 2. The summed E-state index contributed by atoms with van der Waals surface area (Å²) in [6.07, 6.45) is -10.3. The number of halogens is 6. The molecule has 1 saturated heterocycles. The summed E-state index contributed by atoms with van der Waals surface area (Å²) in [4.78, 5) is 38.4. The van der Waals surface area contributed by atoms with E-state index >= 15 is 0 Å². The van der Waals surface area contributed by atoms with Crippen LogP contribution in [-0.2, 0) is 28.3 Å². The topological polar surface area (TPSA) is 87.2 Å². The van der Waals surface area contributed by atoms with Gasteiger partial charge in [0.25, 0.3) is 5.91 Å². The molecule has 7 nitrogen and oxygen atoms in total. The molecule has 0 saturated carbocycles. The monoisotopic (exact) mass is 560 g/mol. The van der Waals surface area contributed by atoms with Crippen molar-refractivity contribution < 1.29 is 50.6 Å². The van der Waals surface area contributed by atoms with Gasteiger partial charge in [0.15, 0.2) is 0 Å². The van der Waals surface area contributed by atoms with E-state index in [-0.39, 0.29) is 44.4 Å². The fourth-order valence-corrected chi connectivity index (χ4v) is 4.44. The predicted molar refractivity (Wildman–Crippen MR) is 126 cm³/mol. The highest BCUT2D eigenvalue weighted by molar-refractivity contribution is 5.95. The molecule has 0 radical (unpaired) electrons. The van der Waals surface area contributed by atoms with Crippen LogP contribution in [0.1, 0.15) is 39.9 Å². The van der Waals surface area contributed by atoms with Crippen LogP contribution >= 0.6 is 0 Å². The van der Waals surface area contributed by atoms with Crippen LogP contribution in [0.15, 0.2) is 48.5 Å². The second-order valence-corrected chi connectivity index (χ2v) is 9.35. The van der Waals surface area contributed by atoms with Gasteiger partial charge in [-0.25, -0.2) is 4.79 Å². The first-order valence-electron chi connectivity index (χ1n) is 11.9. The Bertz CT molecular complexity index is 1150. The number of carbonyl (C=O) groups excluding carboxylic acids is 2. The van der Waals surface area contributed by atoms with Gasteiger partial charge in [-0.15, -0.1) is 0 Å². The number of carboxylic acids is 1. The molecule has 39 heavy (non-hydrogen) atoms. The lowest BCUT2D eigenvalue weighted by Crippen LogP contribution is -2.48. The van der Waals surface area contributed by atoms with Crippen molar-refractivity contribution in [1.29, 1.82) is 0 Å². The second-order valence-electron chi connectivity index (χ2n) is 9.35. The van der Waals surface area contributed by atoms with Crippen molar-refractivity contribution in [1.82, 2.24) is 9.80 Å². The van der Waals surface area contributed by atoms with Crippen molar-refractivity contribution >= 4 is 18.0 Å². The van der Waals surface area contributed by atoms with Crippen molar-refractivity contribution in [3.05, 3.63) is 70.8 Å². The summed E-state index contributed by atoms with van der Waals surface area (Å²) >= 11 is 0. The van der Waals surface area contributed by atoms with Gasteiger partial charge in [-0.3, -0.25) is 9.59 Å². The third-order valence-electron chi connectivity index (χ3n) is 6.36. The molecule has 2 aromatic rings. The number of piperidine rings is 1. The predicted octanol–water partition coefficient (Wildman–Crippen LogP) is 5.34. The van der Waals surface area contributed by atoms with Crippen molar-refractivity contribution in [3.63, 3.8) is 0 Å². The minimum atomic E-state index is -5.09. The maximum atomic E-state index is 13.4. The van der Waals surface area contributed by atoms with Crippen LogP contribution in [0.4, 0.5) is 31.1 Å². The van der Waals surface area contributed by atoms with Crippen LogP contribution < -0.4 is 0 Å². The third-order valence-corrected chi connectivity index (χ3v) is 6.36. The summed E-state index contributed by atoms with van der Waals surface area (Å²) in [5, 5.41) is 8.81. The molecule has 2 amide bonds. The maximum absolute atomic E-state index is 13.4. The molecule has 0 spiro atoms. The van der Waals surface area contributed by atoms with E-state index in [1.807, 2.05) is 0 Å². The van der Waals surface area contributed by atoms with E-state index in [0.717, 1.165) is 10.5 Å². The van der Waals surface area contributed by atoms with Gasteiger partial charge in [-0.2, -0.15) is 26.3 Å². The molecule has 0 unspecified atom stereocenters. The SMILES string of the molecule is CN(CC(=O)O)C(=O)OC[C@H]1CCN(C(=O)c2cc(C(F)(F)F)cc(C(F)(F)F)c2)[C@@H](Cc2ccccc2)C1. The number of ether oxygens (including phenoxy) is 1. The van der Waals surface area contributed by atoms with E-state index in [1.54, 1.807) is 30.3 Å². The van der Waals surface area contributed by atoms with Gasteiger partial charge in [0.05, 0.1) is 17.7 Å². The van der Waals surface area contributed by atoms with Gasteiger partial charge in [-0.1, -0.05) is 30.3 Å². The number of carbonyl (C=O) groups is 3. The van der Waals surface area contributed by atoms with Gasteiger partial charge in [0.2, 0.25) is 0 Å². The number of rotatable bonds is 7. The van der Waals surface area contributed by atoms with E-state index in [9.17, 15) is 40.7 Å². The Balaban J connectivity index is 1.85. The summed E-state index contributed by atoms with van der Waals surface area (Å²) < 4.78 is 85.4. The quantitative estimate of drug-likeness (QED) is 0.462. The number of likely N-dealkylation sites (tertiary alicyclic amines) is 1. The molecule has 0 aliphatic carbocycles. The van der Waals surface area contributed by atoms with E-state index in [0.29, 0.717) is 12.1 Å².